The number of aromatic nitrogens is 1. The molecule has 0 saturated heterocycles. The van der Waals surface area contributed by atoms with Gasteiger partial charge in [-0.2, -0.15) is 0 Å². The van der Waals surface area contributed by atoms with Gasteiger partial charge in [-0.15, -0.1) is 0 Å². The summed E-state index contributed by atoms with van der Waals surface area (Å²) in [6.07, 6.45) is 0.952. The van der Waals surface area contributed by atoms with Gasteiger partial charge in [0.1, 0.15) is 24.1 Å². The van der Waals surface area contributed by atoms with Gasteiger partial charge in [0.25, 0.3) is 5.91 Å². The van der Waals surface area contributed by atoms with Gasteiger partial charge in [-0.05, 0) is 30.3 Å². The number of nitrogens with one attached hydrogen (secondary N) is 1. The van der Waals surface area contributed by atoms with Gasteiger partial charge in [0.2, 0.25) is 0 Å². The topological polar surface area (TPSA) is 62.2 Å². The first kappa shape index (κ1) is 14.6. The zero-order valence-corrected chi connectivity index (χ0v) is 10.7. The molecule has 1 heterocycles. The van der Waals surface area contributed by atoms with Crippen molar-refractivity contribution in [2.75, 3.05) is 11.9 Å². The number of aliphatic hydroxyl groups is 1. The number of pyridine rings is 1. The van der Waals surface area contributed by atoms with E-state index in [4.69, 9.17) is 5.11 Å². The second-order valence-corrected chi connectivity index (χ2v) is 3.97. The summed E-state index contributed by atoms with van der Waals surface area (Å²) in [6, 6.07) is 5.95. The molecule has 0 aliphatic heterocycles. The van der Waals surface area contributed by atoms with Crippen molar-refractivity contribution in [3.63, 3.8) is 0 Å². The third-order valence-corrected chi connectivity index (χ3v) is 2.50. The van der Waals surface area contributed by atoms with E-state index in [1.54, 1.807) is 0 Å². The average molecular weight is 288 g/mol. The van der Waals surface area contributed by atoms with Gasteiger partial charge in [-0.3, -0.25) is 4.79 Å². The van der Waals surface area contributed by atoms with Crippen LogP contribution in [0.25, 0.3) is 0 Å². The number of amides is 1. The van der Waals surface area contributed by atoms with E-state index >= 15 is 0 Å². The normalized spacial score (nSPS) is 9.67. The molecule has 4 nitrogen and oxygen atoms in total. The number of benzene rings is 1. The third kappa shape index (κ3) is 3.84. The van der Waals surface area contributed by atoms with Gasteiger partial charge >= 0.3 is 0 Å². The van der Waals surface area contributed by atoms with Gasteiger partial charge in [0, 0.05) is 5.56 Å². The maximum atomic E-state index is 13.3. The lowest BCUT2D eigenvalue weighted by molar-refractivity contribution is 0.102. The van der Waals surface area contributed by atoms with Crippen molar-refractivity contribution >= 4 is 11.7 Å². The molecule has 0 aliphatic rings. The summed E-state index contributed by atoms with van der Waals surface area (Å²) < 4.78 is 26.0. The molecular weight excluding hydrogens is 278 g/mol. The summed E-state index contributed by atoms with van der Waals surface area (Å²) in [5.74, 6) is 3.32. The molecule has 0 aliphatic carbocycles. The Morgan fingerprint density at radius 1 is 1.24 bits per heavy atom. The number of hydrogen-bond donors (Lipinski definition) is 2. The van der Waals surface area contributed by atoms with Gasteiger partial charge in [-0.1, -0.05) is 11.8 Å². The summed E-state index contributed by atoms with van der Waals surface area (Å²) >= 11 is 0. The molecule has 0 radical (unpaired) electrons. The lowest BCUT2D eigenvalue weighted by Crippen LogP contribution is -2.15. The molecule has 106 valence electrons. The van der Waals surface area contributed by atoms with Crippen molar-refractivity contribution in [2.24, 2.45) is 0 Å². The highest BCUT2D eigenvalue weighted by Gasteiger charge is 2.12. The minimum Gasteiger partial charge on any atom is -0.384 e. The van der Waals surface area contributed by atoms with Gasteiger partial charge in [0.05, 0.1) is 11.8 Å². The number of hydrogen-bond acceptors (Lipinski definition) is 3. The van der Waals surface area contributed by atoms with Crippen molar-refractivity contribution < 1.29 is 18.7 Å². The number of nitrogens with zero attached hydrogens (tertiary/aromatic N) is 1. The largest absolute Gasteiger partial charge is 0.384 e. The molecule has 0 spiro atoms. The first-order valence-electron chi connectivity index (χ1n) is 5.92. The first-order valence-corrected chi connectivity index (χ1v) is 5.92. The Labute approximate surface area is 119 Å². The SMILES string of the molecule is O=C(Nc1ccc(F)cn1)c1cc(F)ccc1C#CCO. The van der Waals surface area contributed by atoms with E-state index in [-0.39, 0.29) is 23.6 Å². The molecule has 6 heteroatoms. The van der Waals surface area contributed by atoms with Crippen LogP contribution in [-0.4, -0.2) is 22.6 Å². The van der Waals surface area contributed by atoms with Gasteiger partial charge in [-0.25, -0.2) is 13.8 Å². The van der Waals surface area contributed by atoms with Crippen LogP contribution in [0.1, 0.15) is 15.9 Å². The van der Waals surface area contributed by atoms with Crippen LogP contribution in [0.15, 0.2) is 36.5 Å². The summed E-state index contributed by atoms with van der Waals surface area (Å²) in [7, 11) is 0. The fourth-order valence-corrected chi connectivity index (χ4v) is 1.58. The molecule has 0 fully saturated rings. The maximum Gasteiger partial charge on any atom is 0.258 e. The molecule has 1 aromatic carbocycles. The van der Waals surface area contributed by atoms with Crippen molar-refractivity contribution in [3.8, 4) is 11.8 Å². The minimum atomic E-state index is -0.629. The third-order valence-electron chi connectivity index (χ3n) is 2.50. The Kier molecular flexibility index (Phi) is 4.59. The van der Waals surface area contributed by atoms with Crippen LogP contribution in [-0.2, 0) is 0 Å². The van der Waals surface area contributed by atoms with Gasteiger partial charge < -0.3 is 10.4 Å². The predicted molar refractivity (Wildman–Crippen MR) is 72.5 cm³/mol. The number of halogens is 2. The van der Waals surface area contributed by atoms with E-state index in [0.29, 0.717) is 0 Å². The quantitative estimate of drug-likeness (QED) is 0.830. The molecule has 2 rings (SSSR count). The Balaban J connectivity index is 2.29. The van der Waals surface area contributed by atoms with Crippen LogP contribution in [0.4, 0.5) is 14.6 Å². The van der Waals surface area contributed by atoms with Crippen LogP contribution in [0.5, 0.6) is 0 Å². The monoisotopic (exact) mass is 288 g/mol. The van der Waals surface area contributed by atoms with Crippen molar-refractivity contribution in [3.05, 3.63) is 59.3 Å². The number of carbonyl (C=O) groups is 1. The van der Waals surface area contributed by atoms with E-state index < -0.39 is 17.5 Å². The zero-order chi connectivity index (χ0) is 15.2. The van der Waals surface area contributed by atoms with Crippen LogP contribution in [0.2, 0.25) is 0 Å². The molecule has 1 aromatic heterocycles. The zero-order valence-electron chi connectivity index (χ0n) is 10.7. The summed E-state index contributed by atoms with van der Waals surface area (Å²) in [4.78, 5) is 15.8. The minimum absolute atomic E-state index is 0.00192. The molecule has 21 heavy (non-hydrogen) atoms. The lowest BCUT2D eigenvalue weighted by Gasteiger charge is -2.06. The fraction of sp³-hybridized carbons (Fsp3) is 0.0667. The Bertz CT molecular complexity index is 719. The van der Waals surface area contributed by atoms with Crippen molar-refractivity contribution in [1.82, 2.24) is 4.98 Å². The Hall–Kier alpha value is -2.78. The Morgan fingerprint density at radius 3 is 2.67 bits per heavy atom. The van der Waals surface area contributed by atoms with E-state index in [9.17, 15) is 13.6 Å². The standard InChI is InChI=1S/C15H10F2N2O2/c16-11-4-3-10(2-1-7-20)13(8-11)15(21)19-14-6-5-12(17)9-18-14/h3-6,8-9,20H,7H2,(H,18,19,21). The number of aliphatic hydroxyl groups excluding tert-OH is 1. The summed E-state index contributed by atoms with van der Waals surface area (Å²) in [6.45, 7) is -0.377. The lowest BCUT2D eigenvalue weighted by atomic mass is 10.1. The average Bonchev–Trinajstić information content (AvgIpc) is 2.48. The van der Waals surface area contributed by atoms with E-state index in [1.165, 1.54) is 12.1 Å². The smallest absolute Gasteiger partial charge is 0.258 e. The summed E-state index contributed by atoms with van der Waals surface area (Å²) in [5.41, 5.74) is 0.270. The van der Waals surface area contributed by atoms with Crippen molar-refractivity contribution in [2.45, 2.75) is 0 Å². The van der Waals surface area contributed by atoms with Gasteiger partial charge in [0.15, 0.2) is 0 Å². The fourth-order valence-electron chi connectivity index (χ4n) is 1.58. The first-order chi connectivity index (χ1) is 10.1. The highest BCUT2D eigenvalue weighted by Crippen LogP contribution is 2.13. The van der Waals surface area contributed by atoms with E-state index in [2.05, 4.69) is 22.1 Å². The van der Waals surface area contributed by atoms with Crippen LogP contribution < -0.4 is 5.32 Å². The Morgan fingerprint density at radius 2 is 2.00 bits per heavy atom. The number of carbonyl (C=O) groups excluding carboxylic acids is 1. The molecular formula is C15H10F2N2O2. The second kappa shape index (κ2) is 6.59. The second-order valence-electron chi connectivity index (χ2n) is 3.97. The maximum absolute atomic E-state index is 13.3. The highest BCUT2D eigenvalue weighted by molar-refractivity contribution is 6.05. The molecule has 1 amide bonds. The number of anilines is 1. The molecule has 0 unspecified atom stereocenters. The summed E-state index contributed by atoms with van der Waals surface area (Å²) in [5, 5.41) is 11.1. The molecule has 0 atom stereocenters. The number of rotatable bonds is 2. The molecule has 2 N–H and O–H groups in total. The van der Waals surface area contributed by atoms with E-state index in [0.717, 1.165) is 24.4 Å². The molecule has 0 saturated carbocycles. The van der Waals surface area contributed by atoms with Crippen molar-refractivity contribution in [1.29, 1.82) is 0 Å². The van der Waals surface area contributed by atoms with Crippen LogP contribution >= 0.6 is 0 Å². The predicted octanol–water partition coefficient (Wildman–Crippen LogP) is 1.96. The molecule has 0 bridgehead atoms. The van der Waals surface area contributed by atoms with Crippen LogP contribution in [0, 0.1) is 23.5 Å². The van der Waals surface area contributed by atoms with Crippen LogP contribution in [0.3, 0.4) is 0 Å². The molecule has 2 aromatic rings. The van der Waals surface area contributed by atoms with E-state index in [1.807, 2.05) is 0 Å². The highest BCUT2D eigenvalue weighted by atomic mass is 19.1.